The summed E-state index contributed by atoms with van der Waals surface area (Å²) in [6, 6.07) is 0.193. The molecule has 5 heteroatoms. The third-order valence-corrected chi connectivity index (χ3v) is 1.77. The predicted molar refractivity (Wildman–Crippen MR) is 45.4 cm³/mol. The van der Waals surface area contributed by atoms with Crippen LogP contribution in [-0.4, -0.2) is 52.1 Å². The van der Waals surface area contributed by atoms with Gasteiger partial charge in [0.2, 0.25) is 0 Å². The Morgan fingerprint density at radius 2 is 2.54 bits per heavy atom. The molecule has 1 aliphatic heterocycles. The zero-order chi connectivity index (χ0) is 9.52. The Hall–Kier alpha value is -0.650. The van der Waals surface area contributed by atoms with Crippen LogP contribution in [0.25, 0.3) is 0 Å². The van der Waals surface area contributed by atoms with Crippen molar-refractivity contribution in [1.82, 2.24) is 5.32 Å². The number of nitrogens with one attached hydrogen (secondary N) is 1. The Kier molecular flexibility index (Phi) is 4.74. The van der Waals surface area contributed by atoms with E-state index in [0.717, 1.165) is 13.2 Å². The van der Waals surface area contributed by atoms with Crippen molar-refractivity contribution in [2.75, 3.05) is 40.1 Å². The number of morpholine rings is 1. The van der Waals surface area contributed by atoms with Crippen LogP contribution in [0.5, 0.6) is 0 Å². The van der Waals surface area contributed by atoms with E-state index < -0.39 is 0 Å². The summed E-state index contributed by atoms with van der Waals surface area (Å²) in [7, 11) is 1.34. The smallest absolute Gasteiger partial charge is 0.331 e. The number of hydrogen-bond donors (Lipinski definition) is 1. The molecule has 1 atom stereocenters. The third kappa shape index (κ3) is 4.21. The summed E-state index contributed by atoms with van der Waals surface area (Å²) in [6.45, 7) is 2.71. The van der Waals surface area contributed by atoms with Gasteiger partial charge in [-0.25, -0.2) is 4.79 Å². The molecule has 1 N–H and O–H groups in total. The van der Waals surface area contributed by atoms with E-state index in [1.54, 1.807) is 0 Å². The fourth-order valence-electron chi connectivity index (χ4n) is 1.07. The van der Waals surface area contributed by atoms with Crippen LogP contribution in [0.4, 0.5) is 0 Å². The van der Waals surface area contributed by atoms with Crippen LogP contribution < -0.4 is 5.32 Å². The predicted octanol–water partition coefficient (Wildman–Crippen LogP) is -0.836. The van der Waals surface area contributed by atoms with Crippen LogP contribution in [-0.2, 0) is 19.0 Å². The molecule has 0 amide bonds. The average Bonchev–Trinajstić information content (AvgIpc) is 2.19. The molecule has 1 aliphatic rings. The van der Waals surface area contributed by atoms with Gasteiger partial charge in [0.15, 0.2) is 0 Å². The normalized spacial score (nSPS) is 22.7. The molecule has 0 radical (unpaired) electrons. The number of hydrogen-bond acceptors (Lipinski definition) is 5. The fourth-order valence-corrected chi connectivity index (χ4v) is 1.07. The van der Waals surface area contributed by atoms with Gasteiger partial charge in [-0.05, 0) is 0 Å². The van der Waals surface area contributed by atoms with E-state index in [0.29, 0.717) is 13.2 Å². The lowest BCUT2D eigenvalue weighted by Crippen LogP contribution is -2.44. The highest BCUT2D eigenvalue weighted by atomic mass is 16.6. The first-order chi connectivity index (χ1) is 6.33. The minimum absolute atomic E-state index is 0.00861. The van der Waals surface area contributed by atoms with Gasteiger partial charge in [0.05, 0.1) is 33.0 Å². The van der Waals surface area contributed by atoms with Gasteiger partial charge >= 0.3 is 5.97 Å². The molecule has 13 heavy (non-hydrogen) atoms. The summed E-state index contributed by atoms with van der Waals surface area (Å²) in [4.78, 5) is 10.7. The Bertz CT molecular complexity index is 156. The summed E-state index contributed by atoms with van der Waals surface area (Å²) in [6.07, 6.45) is 0. The minimum Gasteiger partial charge on any atom is -0.467 e. The first-order valence-electron chi connectivity index (χ1n) is 4.28. The molecule has 0 spiro atoms. The number of carbonyl (C=O) groups excluding carboxylic acids is 1. The zero-order valence-corrected chi connectivity index (χ0v) is 7.75. The van der Waals surface area contributed by atoms with Gasteiger partial charge in [0, 0.05) is 6.54 Å². The highest BCUT2D eigenvalue weighted by molar-refractivity contribution is 5.70. The molecule has 1 saturated heterocycles. The lowest BCUT2D eigenvalue weighted by molar-refractivity contribution is -0.146. The summed E-state index contributed by atoms with van der Waals surface area (Å²) < 4.78 is 14.7. The average molecular weight is 189 g/mol. The molecule has 1 heterocycles. The highest BCUT2D eigenvalue weighted by Gasteiger charge is 2.13. The van der Waals surface area contributed by atoms with Crippen LogP contribution in [0.3, 0.4) is 0 Å². The van der Waals surface area contributed by atoms with E-state index in [4.69, 9.17) is 9.47 Å². The van der Waals surface area contributed by atoms with Gasteiger partial charge in [0.25, 0.3) is 0 Å². The van der Waals surface area contributed by atoms with Gasteiger partial charge in [0.1, 0.15) is 6.61 Å². The second-order valence-corrected chi connectivity index (χ2v) is 2.82. The second-order valence-electron chi connectivity index (χ2n) is 2.82. The van der Waals surface area contributed by atoms with E-state index in [-0.39, 0.29) is 18.6 Å². The monoisotopic (exact) mass is 189 g/mol. The Morgan fingerprint density at radius 3 is 3.15 bits per heavy atom. The van der Waals surface area contributed by atoms with Crippen LogP contribution >= 0.6 is 0 Å². The maximum absolute atomic E-state index is 10.7. The second kappa shape index (κ2) is 5.90. The molecule has 0 aromatic carbocycles. The number of carbonyl (C=O) groups is 1. The van der Waals surface area contributed by atoms with Gasteiger partial charge in [-0.3, -0.25) is 0 Å². The first kappa shape index (κ1) is 10.4. The van der Waals surface area contributed by atoms with Gasteiger partial charge in [-0.2, -0.15) is 0 Å². The first-order valence-corrected chi connectivity index (χ1v) is 4.28. The van der Waals surface area contributed by atoms with Crippen molar-refractivity contribution in [2.45, 2.75) is 6.04 Å². The molecule has 0 aromatic rings. The van der Waals surface area contributed by atoms with Crippen LogP contribution in [0.1, 0.15) is 0 Å². The third-order valence-electron chi connectivity index (χ3n) is 1.77. The molecular weight excluding hydrogens is 174 g/mol. The standard InChI is InChI=1S/C8H15NO4/c1-11-8(10)6-13-5-7-4-12-3-2-9-7/h7,9H,2-6H2,1H3. The number of methoxy groups -OCH3 is 1. The number of ether oxygens (including phenoxy) is 3. The largest absolute Gasteiger partial charge is 0.467 e. The Balaban J connectivity index is 2.01. The molecule has 1 unspecified atom stereocenters. The molecule has 76 valence electrons. The van der Waals surface area contributed by atoms with E-state index >= 15 is 0 Å². The van der Waals surface area contributed by atoms with E-state index in [2.05, 4.69) is 10.1 Å². The summed E-state index contributed by atoms with van der Waals surface area (Å²) >= 11 is 0. The van der Waals surface area contributed by atoms with E-state index in [1.165, 1.54) is 7.11 Å². The van der Waals surface area contributed by atoms with Gasteiger partial charge < -0.3 is 19.5 Å². The van der Waals surface area contributed by atoms with Crippen molar-refractivity contribution in [3.63, 3.8) is 0 Å². The lowest BCUT2D eigenvalue weighted by Gasteiger charge is -2.23. The maximum Gasteiger partial charge on any atom is 0.331 e. The molecule has 1 rings (SSSR count). The van der Waals surface area contributed by atoms with Crippen molar-refractivity contribution >= 4 is 5.97 Å². The minimum atomic E-state index is -0.350. The highest BCUT2D eigenvalue weighted by Crippen LogP contribution is 1.93. The summed E-state index contributed by atoms with van der Waals surface area (Å²) in [5.41, 5.74) is 0. The van der Waals surface area contributed by atoms with E-state index in [9.17, 15) is 4.79 Å². The van der Waals surface area contributed by atoms with Gasteiger partial charge in [-0.15, -0.1) is 0 Å². The molecule has 1 fully saturated rings. The van der Waals surface area contributed by atoms with Crippen molar-refractivity contribution < 1.29 is 19.0 Å². The Morgan fingerprint density at radius 1 is 1.69 bits per heavy atom. The molecule has 0 bridgehead atoms. The van der Waals surface area contributed by atoms with E-state index in [1.807, 2.05) is 0 Å². The van der Waals surface area contributed by atoms with Crippen LogP contribution in [0.15, 0.2) is 0 Å². The Labute approximate surface area is 77.3 Å². The number of rotatable bonds is 4. The zero-order valence-electron chi connectivity index (χ0n) is 7.75. The molecule has 5 nitrogen and oxygen atoms in total. The van der Waals surface area contributed by atoms with Crippen molar-refractivity contribution in [3.05, 3.63) is 0 Å². The summed E-state index contributed by atoms with van der Waals surface area (Å²) in [5, 5.41) is 3.21. The lowest BCUT2D eigenvalue weighted by atomic mass is 10.3. The summed E-state index contributed by atoms with van der Waals surface area (Å²) in [5.74, 6) is -0.350. The molecule has 0 aliphatic carbocycles. The van der Waals surface area contributed by atoms with Gasteiger partial charge in [-0.1, -0.05) is 0 Å². The SMILES string of the molecule is COC(=O)COCC1COCCN1. The van der Waals surface area contributed by atoms with Crippen molar-refractivity contribution in [2.24, 2.45) is 0 Å². The quantitative estimate of drug-likeness (QED) is 0.585. The van der Waals surface area contributed by atoms with Crippen LogP contribution in [0, 0.1) is 0 Å². The molecular formula is C8H15NO4. The van der Waals surface area contributed by atoms with Crippen molar-refractivity contribution in [1.29, 1.82) is 0 Å². The number of esters is 1. The maximum atomic E-state index is 10.7. The molecule has 0 aromatic heterocycles. The van der Waals surface area contributed by atoms with Crippen molar-refractivity contribution in [3.8, 4) is 0 Å². The van der Waals surface area contributed by atoms with Crippen LogP contribution in [0.2, 0.25) is 0 Å². The topological polar surface area (TPSA) is 56.8 Å². The fraction of sp³-hybridized carbons (Fsp3) is 0.875. The molecule has 0 saturated carbocycles.